The predicted molar refractivity (Wildman–Crippen MR) is 70.9 cm³/mol. The lowest BCUT2D eigenvalue weighted by Crippen LogP contribution is -2.30. The Labute approximate surface area is 112 Å². The van der Waals surface area contributed by atoms with Crippen molar-refractivity contribution in [2.75, 3.05) is 5.73 Å². The summed E-state index contributed by atoms with van der Waals surface area (Å²) in [7, 11) is 0. The highest BCUT2D eigenvalue weighted by Gasteiger charge is 2.17. The Hall–Kier alpha value is -1.44. The van der Waals surface area contributed by atoms with Crippen molar-refractivity contribution in [3.63, 3.8) is 0 Å². The first-order valence-corrected chi connectivity index (χ1v) is 6.10. The average molecular weight is 314 g/mol. The van der Waals surface area contributed by atoms with Crippen molar-refractivity contribution in [2.45, 2.75) is 12.5 Å². The van der Waals surface area contributed by atoms with Crippen molar-refractivity contribution in [1.82, 2.24) is 15.6 Å². The minimum atomic E-state index is -0.299. The molecule has 18 heavy (non-hydrogen) atoms. The van der Waals surface area contributed by atoms with E-state index >= 15 is 0 Å². The third-order valence-electron chi connectivity index (χ3n) is 2.71. The first-order chi connectivity index (χ1) is 8.61. The summed E-state index contributed by atoms with van der Waals surface area (Å²) in [6.45, 7) is 0. The maximum atomic E-state index is 13.7. The minimum absolute atomic E-state index is 0.277. The number of halogens is 2. The van der Waals surface area contributed by atoms with Crippen LogP contribution >= 0.6 is 15.9 Å². The summed E-state index contributed by atoms with van der Waals surface area (Å²) in [6, 6.07) is 4.48. The summed E-state index contributed by atoms with van der Waals surface area (Å²) in [5, 5.41) is 6.45. The molecule has 7 heteroatoms. The summed E-state index contributed by atoms with van der Waals surface area (Å²) in [5.41, 5.74) is 9.61. The number of anilines is 1. The highest BCUT2D eigenvalue weighted by Crippen LogP contribution is 2.24. The molecule has 0 saturated carbocycles. The van der Waals surface area contributed by atoms with Crippen LogP contribution in [0.5, 0.6) is 0 Å². The van der Waals surface area contributed by atoms with Gasteiger partial charge >= 0.3 is 0 Å². The van der Waals surface area contributed by atoms with Crippen LogP contribution in [-0.2, 0) is 6.42 Å². The van der Waals surface area contributed by atoms with Crippen LogP contribution in [0.4, 0.5) is 10.2 Å². The number of rotatable bonds is 4. The zero-order valence-electron chi connectivity index (χ0n) is 9.45. The maximum Gasteiger partial charge on any atom is 0.126 e. The van der Waals surface area contributed by atoms with Crippen LogP contribution in [0.3, 0.4) is 0 Å². The van der Waals surface area contributed by atoms with Crippen molar-refractivity contribution in [3.8, 4) is 0 Å². The summed E-state index contributed by atoms with van der Waals surface area (Å²) in [6.07, 6.45) is 1.96. The van der Waals surface area contributed by atoms with Crippen LogP contribution in [0.1, 0.15) is 17.2 Å². The normalized spacial score (nSPS) is 12.6. The van der Waals surface area contributed by atoms with Crippen LogP contribution in [0.2, 0.25) is 0 Å². The molecule has 96 valence electrons. The Morgan fingerprint density at radius 2 is 2.28 bits per heavy atom. The minimum Gasteiger partial charge on any atom is -0.384 e. The van der Waals surface area contributed by atoms with Crippen LogP contribution in [-0.4, -0.2) is 10.2 Å². The molecule has 1 heterocycles. The lowest BCUT2D eigenvalue weighted by Gasteiger charge is -2.15. The average Bonchev–Trinajstić information content (AvgIpc) is 2.77. The van der Waals surface area contributed by atoms with Gasteiger partial charge in [-0.25, -0.2) is 4.39 Å². The molecular formula is C11H13BrFN5. The number of benzene rings is 1. The smallest absolute Gasteiger partial charge is 0.126 e. The number of hydrogen-bond donors (Lipinski definition) is 4. The van der Waals surface area contributed by atoms with Gasteiger partial charge in [-0.3, -0.25) is 16.4 Å². The van der Waals surface area contributed by atoms with Gasteiger partial charge in [0, 0.05) is 10.0 Å². The second-order valence-corrected chi connectivity index (χ2v) is 4.81. The molecule has 1 atom stereocenters. The van der Waals surface area contributed by atoms with E-state index in [0.29, 0.717) is 17.8 Å². The summed E-state index contributed by atoms with van der Waals surface area (Å²) in [4.78, 5) is 0. The van der Waals surface area contributed by atoms with E-state index in [2.05, 4.69) is 31.6 Å². The molecule has 0 aliphatic heterocycles. The first kappa shape index (κ1) is 13.0. The van der Waals surface area contributed by atoms with Crippen LogP contribution in [0, 0.1) is 5.82 Å². The van der Waals surface area contributed by atoms with Gasteiger partial charge in [0.15, 0.2) is 0 Å². The molecule has 0 fully saturated rings. The first-order valence-electron chi connectivity index (χ1n) is 5.30. The zero-order chi connectivity index (χ0) is 13.1. The van der Waals surface area contributed by atoms with E-state index in [1.54, 1.807) is 18.3 Å². The molecule has 0 amide bonds. The van der Waals surface area contributed by atoms with Crippen LogP contribution < -0.4 is 17.0 Å². The van der Waals surface area contributed by atoms with Crippen molar-refractivity contribution in [1.29, 1.82) is 0 Å². The molecule has 0 bridgehead atoms. The topological polar surface area (TPSA) is 92.7 Å². The molecule has 2 rings (SSSR count). The summed E-state index contributed by atoms with van der Waals surface area (Å²) < 4.78 is 14.5. The molecule has 0 radical (unpaired) electrons. The Balaban J connectivity index is 2.26. The SMILES string of the molecule is NNC(Cc1cc(Br)ccc1F)c1cn[nH]c1N. The standard InChI is InChI=1S/C11H13BrFN5/c12-7-1-2-9(13)6(3-7)4-10(17-15)8-5-16-18-11(8)14/h1-3,5,10,17H,4,15H2,(H3,14,16,18). The van der Waals surface area contributed by atoms with Crippen molar-refractivity contribution in [2.24, 2.45) is 5.84 Å². The molecule has 1 unspecified atom stereocenters. The van der Waals surface area contributed by atoms with Crippen LogP contribution in [0.15, 0.2) is 28.9 Å². The van der Waals surface area contributed by atoms with E-state index < -0.39 is 0 Å². The number of aromatic nitrogens is 2. The van der Waals surface area contributed by atoms with Gasteiger partial charge in [0.1, 0.15) is 11.6 Å². The quantitative estimate of drug-likeness (QED) is 0.510. The number of aromatic amines is 1. The second kappa shape index (κ2) is 5.47. The highest BCUT2D eigenvalue weighted by molar-refractivity contribution is 9.10. The molecule has 0 aliphatic rings. The number of hydrazine groups is 1. The molecule has 0 saturated heterocycles. The molecule has 0 spiro atoms. The maximum absolute atomic E-state index is 13.7. The van der Waals surface area contributed by atoms with E-state index in [1.807, 2.05) is 0 Å². The van der Waals surface area contributed by atoms with E-state index in [4.69, 9.17) is 11.6 Å². The van der Waals surface area contributed by atoms with E-state index in [1.165, 1.54) is 6.07 Å². The third-order valence-corrected chi connectivity index (χ3v) is 3.20. The predicted octanol–water partition coefficient (Wildman–Crippen LogP) is 1.64. The Kier molecular flexibility index (Phi) is 3.95. The van der Waals surface area contributed by atoms with E-state index in [0.717, 1.165) is 10.0 Å². The molecule has 2 aromatic rings. The fourth-order valence-corrected chi connectivity index (χ4v) is 2.17. The Morgan fingerprint density at radius 1 is 1.50 bits per heavy atom. The number of H-pyrrole nitrogens is 1. The highest BCUT2D eigenvalue weighted by atomic mass is 79.9. The van der Waals surface area contributed by atoms with Gasteiger partial charge in [-0.15, -0.1) is 0 Å². The number of nitrogen functional groups attached to an aromatic ring is 1. The monoisotopic (exact) mass is 313 g/mol. The lowest BCUT2D eigenvalue weighted by molar-refractivity contribution is 0.530. The fourth-order valence-electron chi connectivity index (χ4n) is 1.76. The van der Waals surface area contributed by atoms with Gasteiger partial charge in [-0.2, -0.15) is 5.10 Å². The van der Waals surface area contributed by atoms with Gasteiger partial charge in [0.05, 0.1) is 12.2 Å². The summed E-state index contributed by atoms with van der Waals surface area (Å²) >= 11 is 3.31. The lowest BCUT2D eigenvalue weighted by atomic mass is 10.0. The van der Waals surface area contributed by atoms with Gasteiger partial charge in [0.2, 0.25) is 0 Å². The Bertz CT molecular complexity index is 542. The number of nitrogens with zero attached hydrogens (tertiary/aromatic N) is 1. The molecule has 1 aromatic heterocycles. The van der Waals surface area contributed by atoms with Gasteiger partial charge in [0.25, 0.3) is 0 Å². The molecule has 0 aliphatic carbocycles. The van der Waals surface area contributed by atoms with E-state index in [9.17, 15) is 4.39 Å². The summed E-state index contributed by atoms with van der Waals surface area (Å²) in [5.74, 6) is 5.63. The van der Waals surface area contributed by atoms with Crippen molar-refractivity contribution >= 4 is 21.7 Å². The Morgan fingerprint density at radius 3 is 2.89 bits per heavy atom. The zero-order valence-corrected chi connectivity index (χ0v) is 11.0. The molecule has 5 nitrogen and oxygen atoms in total. The van der Waals surface area contributed by atoms with E-state index in [-0.39, 0.29) is 11.9 Å². The molecular weight excluding hydrogens is 301 g/mol. The fraction of sp³-hybridized carbons (Fsp3) is 0.182. The second-order valence-electron chi connectivity index (χ2n) is 3.90. The number of hydrogen-bond acceptors (Lipinski definition) is 4. The molecule has 6 N–H and O–H groups in total. The van der Waals surface area contributed by atoms with Crippen LogP contribution in [0.25, 0.3) is 0 Å². The third kappa shape index (κ3) is 2.69. The van der Waals surface area contributed by atoms with Gasteiger partial charge in [-0.05, 0) is 30.2 Å². The van der Waals surface area contributed by atoms with Crippen molar-refractivity contribution in [3.05, 3.63) is 45.8 Å². The number of nitrogens with two attached hydrogens (primary N) is 2. The van der Waals surface area contributed by atoms with Gasteiger partial charge in [-0.1, -0.05) is 15.9 Å². The van der Waals surface area contributed by atoms with Gasteiger partial charge < -0.3 is 5.73 Å². The van der Waals surface area contributed by atoms with Crippen molar-refractivity contribution < 1.29 is 4.39 Å². The largest absolute Gasteiger partial charge is 0.384 e. The number of nitrogens with one attached hydrogen (secondary N) is 2. The molecule has 1 aromatic carbocycles.